The molecule has 0 spiro atoms. The van der Waals surface area contributed by atoms with Gasteiger partial charge in [-0.2, -0.15) is 8.42 Å². The van der Waals surface area contributed by atoms with Gasteiger partial charge in [0, 0.05) is 13.0 Å². The van der Waals surface area contributed by atoms with E-state index in [1.807, 2.05) is 0 Å². The fourth-order valence-corrected chi connectivity index (χ4v) is 2.80. The lowest BCUT2D eigenvalue weighted by Crippen LogP contribution is -2.28. The molecule has 1 aliphatic heterocycles. The SMILES string of the molecule is Cc1cccc(N)c1N1CC(S(=O)(=O)F)CC1=O. The average Bonchev–Trinajstić information content (AvgIpc) is 2.60. The van der Waals surface area contributed by atoms with Crippen LogP contribution >= 0.6 is 0 Å². The normalized spacial score (nSPS) is 20.4. The minimum atomic E-state index is -4.71. The summed E-state index contributed by atoms with van der Waals surface area (Å²) in [6.07, 6.45) is -0.341. The summed E-state index contributed by atoms with van der Waals surface area (Å²) in [4.78, 5) is 13.0. The van der Waals surface area contributed by atoms with Crippen LogP contribution in [-0.2, 0) is 15.0 Å². The highest BCUT2D eigenvalue weighted by Crippen LogP contribution is 2.32. The maximum Gasteiger partial charge on any atom is 0.307 e. The number of amides is 1. The molecule has 1 aromatic carbocycles. The zero-order valence-corrected chi connectivity index (χ0v) is 10.6. The van der Waals surface area contributed by atoms with Crippen LogP contribution < -0.4 is 10.6 Å². The van der Waals surface area contributed by atoms with E-state index < -0.39 is 21.4 Å². The van der Waals surface area contributed by atoms with E-state index in [1.54, 1.807) is 25.1 Å². The van der Waals surface area contributed by atoms with E-state index in [2.05, 4.69) is 0 Å². The quantitative estimate of drug-likeness (QED) is 0.643. The number of nitrogens with zero attached hydrogens (tertiary/aromatic N) is 1. The van der Waals surface area contributed by atoms with Crippen LogP contribution in [0.4, 0.5) is 15.3 Å². The van der Waals surface area contributed by atoms with Crippen LogP contribution in [0.15, 0.2) is 18.2 Å². The first kappa shape index (κ1) is 12.8. The molecule has 1 heterocycles. The van der Waals surface area contributed by atoms with Gasteiger partial charge < -0.3 is 10.6 Å². The Balaban J connectivity index is 2.39. The Kier molecular flexibility index (Phi) is 3.02. The number of benzene rings is 1. The molecule has 1 saturated heterocycles. The van der Waals surface area contributed by atoms with Crippen molar-refractivity contribution in [3.63, 3.8) is 0 Å². The van der Waals surface area contributed by atoms with Crippen molar-refractivity contribution in [2.24, 2.45) is 0 Å². The van der Waals surface area contributed by atoms with Crippen LogP contribution in [0.5, 0.6) is 0 Å². The number of hydrogen-bond donors (Lipinski definition) is 1. The number of anilines is 2. The maximum absolute atomic E-state index is 12.9. The summed E-state index contributed by atoms with van der Waals surface area (Å²) in [5.41, 5.74) is 7.37. The highest BCUT2D eigenvalue weighted by Gasteiger charge is 2.39. The monoisotopic (exact) mass is 272 g/mol. The van der Waals surface area contributed by atoms with Crippen LogP contribution in [0, 0.1) is 6.92 Å². The smallest absolute Gasteiger partial charge is 0.307 e. The van der Waals surface area contributed by atoms with Crippen LogP contribution in [0.3, 0.4) is 0 Å². The summed E-state index contributed by atoms with van der Waals surface area (Å²) in [6.45, 7) is 1.57. The van der Waals surface area contributed by atoms with E-state index in [-0.39, 0.29) is 13.0 Å². The number of para-hydroxylation sites is 1. The second-order valence-electron chi connectivity index (χ2n) is 4.32. The molecule has 98 valence electrons. The average molecular weight is 272 g/mol. The summed E-state index contributed by atoms with van der Waals surface area (Å²) in [7, 11) is -4.71. The van der Waals surface area contributed by atoms with E-state index >= 15 is 0 Å². The highest BCUT2D eigenvalue weighted by atomic mass is 32.3. The molecule has 18 heavy (non-hydrogen) atoms. The van der Waals surface area contributed by atoms with Gasteiger partial charge in [-0.1, -0.05) is 12.1 Å². The lowest BCUT2D eigenvalue weighted by atomic mass is 10.1. The van der Waals surface area contributed by atoms with E-state index in [1.165, 1.54) is 4.90 Å². The lowest BCUT2D eigenvalue weighted by molar-refractivity contribution is -0.117. The summed E-state index contributed by atoms with van der Waals surface area (Å²) in [5, 5.41) is -1.30. The second-order valence-corrected chi connectivity index (χ2v) is 5.94. The highest BCUT2D eigenvalue weighted by molar-refractivity contribution is 7.87. The fraction of sp³-hybridized carbons (Fsp3) is 0.364. The molecule has 2 N–H and O–H groups in total. The van der Waals surface area contributed by atoms with E-state index in [9.17, 15) is 17.1 Å². The second kappa shape index (κ2) is 4.24. The number of rotatable bonds is 2. The Morgan fingerprint density at radius 2 is 2.11 bits per heavy atom. The molecule has 1 unspecified atom stereocenters. The third-order valence-corrected chi connectivity index (χ3v) is 4.14. The largest absolute Gasteiger partial charge is 0.397 e. The van der Waals surface area contributed by atoms with Crippen molar-refractivity contribution in [3.05, 3.63) is 23.8 Å². The van der Waals surface area contributed by atoms with Crippen LogP contribution in [-0.4, -0.2) is 26.1 Å². The Bertz CT molecular complexity index is 580. The third-order valence-electron chi connectivity index (χ3n) is 3.03. The predicted octanol–water partition coefficient (Wildman–Crippen LogP) is 0.982. The molecule has 2 rings (SSSR count). The Morgan fingerprint density at radius 3 is 2.61 bits per heavy atom. The first-order chi connectivity index (χ1) is 8.30. The predicted molar refractivity (Wildman–Crippen MR) is 66.4 cm³/mol. The Morgan fingerprint density at radius 1 is 1.44 bits per heavy atom. The number of carbonyl (C=O) groups excluding carboxylic acids is 1. The number of aryl methyl sites for hydroxylation is 1. The molecular weight excluding hydrogens is 259 g/mol. The van der Waals surface area contributed by atoms with Crippen molar-refractivity contribution in [2.75, 3.05) is 17.2 Å². The van der Waals surface area contributed by atoms with Crippen molar-refractivity contribution in [1.82, 2.24) is 0 Å². The van der Waals surface area contributed by atoms with Gasteiger partial charge in [-0.05, 0) is 18.6 Å². The molecule has 1 amide bonds. The van der Waals surface area contributed by atoms with Gasteiger partial charge in [-0.25, -0.2) is 0 Å². The van der Waals surface area contributed by atoms with Crippen molar-refractivity contribution >= 4 is 27.5 Å². The lowest BCUT2D eigenvalue weighted by Gasteiger charge is -2.20. The van der Waals surface area contributed by atoms with Crippen molar-refractivity contribution in [3.8, 4) is 0 Å². The van der Waals surface area contributed by atoms with Crippen LogP contribution in [0.1, 0.15) is 12.0 Å². The standard InChI is InChI=1S/C11H13FN2O3S/c1-7-3-2-4-9(13)11(7)14-6-8(5-10(14)15)18(12,16)17/h2-4,8H,5-6,13H2,1H3. The summed E-state index contributed by atoms with van der Waals surface area (Å²) >= 11 is 0. The topological polar surface area (TPSA) is 80.5 Å². The molecule has 1 aliphatic rings. The third kappa shape index (κ3) is 2.17. The Labute approximate surface area is 105 Å². The zero-order chi connectivity index (χ0) is 13.5. The number of carbonyl (C=O) groups is 1. The Hall–Kier alpha value is -1.63. The van der Waals surface area contributed by atoms with Crippen molar-refractivity contribution in [1.29, 1.82) is 0 Å². The van der Waals surface area contributed by atoms with E-state index in [4.69, 9.17) is 5.73 Å². The molecule has 0 saturated carbocycles. The molecule has 1 atom stereocenters. The molecule has 1 fully saturated rings. The molecule has 0 bridgehead atoms. The molecule has 7 heteroatoms. The van der Waals surface area contributed by atoms with Gasteiger partial charge in [-0.15, -0.1) is 3.89 Å². The van der Waals surface area contributed by atoms with Gasteiger partial charge in [-0.3, -0.25) is 4.79 Å². The summed E-state index contributed by atoms with van der Waals surface area (Å²) < 4.78 is 34.6. The first-order valence-corrected chi connectivity index (χ1v) is 6.84. The number of hydrogen-bond acceptors (Lipinski definition) is 4. The van der Waals surface area contributed by atoms with Gasteiger partial charge in [0.1, 0.15) is 5.25 Å². The van der Waals surface area contributed by atoms with Crippen molar-refractivity contribution in [2.45, 2.75) is 18.6 Å². The minimum absolute atomic E-state index is 0.188. The molecule has 0 aromatic heterocycles. The van der Waals surface area contributed by atoms with Gasteiger partial charge in [0.25, 0.3) is 0 Å². The zero-order valence-electron chi connectivity index (χ0n) is 9.76. The van der Waals surface area contributed by atoms with Gasteiger partial charge >= 0.3 is 10.2 Å². The van der Waals surface area contributed by atoms with E-state index in [0.29, 0.717) is 11.4 Å². The van der Waals surface area contributed by atoms with Crippen LogP contribution in [0.25, 0.3) is 0 Å². The molecular formula is C11H13FN2O3S. The maximum atomic E-state index is 12.9. The van der Waals surface area contributed by atoms with Crippen molar-refractivity contribution < 1.29 is 17.1 Å². The van der Waals surface area contributed by atoms with Gasteiger partial charge in [0.05, 0.1) is 11.4 Å². The summed E-state index contributed by atoms with van der Waals surface area (Å²) in [5.74, 6) is -0.428. The molecule has 5 nitrogen and oxygen atoms in total. The molecule has 0 aliphatic carbocycles. The first-order valence-electron chi connectivity index (χ1n) is 5.39. The molecule has 1 aromatic rings. The van der Waals surface area contributed by atoms with Crippen LogP contribution in [0.2, 0.25) is 0 Å². The van der Waals surface area contributed by atoms with Gasteiger partial charge in [0.15, 0.2) is 0 Å². The van der Waals surface area contributed by atoms with E-state index in [0.717, 1.165) is 5.56 Å². The van der Waals surface area contributed by atoms with Gasteiger partial charge in [0.2, 0.25) is 5.91 Å². The number of halogens is 1. The minimum Gasteiger partial charge on any atom is -0.397 e. The number of nitrogen functional groups attached to an aromatic ring is 1. The number of nitrogens with two attached hydrogens (primary N) is 1. The fourth-order valence-electron chi connectivity index (χ4n) is 2.13. The summed E-state index contributed by atoms with van der Waals surface area (Å²) in [6, 6.07) is 5.11. The molecule has 0 radical (unpaired) electrons.